The number of hydrogen-bond acceptors (Lipinski definition) is 18. The number of aliphatic hydroxyl groups is 1. The molecule has 0 radical (unpaired) electrons. The van der Waals surface area contributed by atoms with Crippen molar-refractivity contribution >= 4 is 84.5 Å². The van der Waals surface area contributed by atoms with Crippen molar-refractivity contribution in [1.29, 1.82) is 0 Å². The second kappa shape index (κ2) is 28.3. The first-order chi connectivity index (χ1) is 34.4. The van der Waals surface area contributed by atoms with Gasteiger partial charge in [0.2, 0.25) is 11.8 Å². The summed E-state index contributed by atoms with van der Waals surface area (Å²) in [5.41, 5.74) is 7.51. The number of amides is 6. The van der Waals surface area contributed by atoms with Crippen LogP contribution in [-0.4, -0.2) is 222 Å². The molecule has 0 aliphatic carbocycles. The van der Waals surface area contributed by atoms with Gasteiger partial charge in [-0.2, -0.15) is 36.2 Å². The molecule has 33 heteroatoms. The summed E-state index contributed by atoms with van der Waals surface area (Å²) in [5.74, 6) is -4.73. The molecule has 6 N–H and O–H groups in total. The number of rotatable bonds is 15. The summed E-state index contributed by atoms with van der Waals surface area (Å²) < 4.78 is 117. The average Bonchev–Trinajstić information content (AvgIpc) is 3.67. The van der Waals surface area contributed by atoms with Crippen molar-refractivity contribution in [3.05, 3.63) is 0 Å². The lowest BCUT2D eigenvalue weighted by atomic mass is 9.95. The lowest BCUT2D eigenvalue weighted by Crippen LogP contribution is -2.51. The first kappa shape index (κ1) is 64.8. The van der Waals surface area contributed by atoms with Crippen LogP contribution in [0.3, 0.4) is 0 Å². The van der Waals surface area contributed by atoms with Crippen LogP contribution in [0.5, 0.6) is 0 Å². The Hall–Kier alpha value is -3.44. The van der Waals surface area contributed by atoms with Gasteiger partial charge in [-0.15, -0.1) is 0 Å². The molecule has 7 aliphatic rings. The summed E-state index contributed by atoms with van der Waals surface area (Å²) in [4.78, 5) is 78.4. The molecule has 7 fully saturated rings. The van der Waals surface area contributed by atoms with Crippen LogP contribution in [0, 0.1) is 0 Å². The van der Waals surface area contributed by atoms with E-state index < -0.39 is 91.8 Å². The molecule has 7 rings (SSSR count). The molecule has 7 heterocycles. The monoisotopic (exact) mass is 1230 g/mol. The number of carbonyl (C=O) groups excluding carboxylic acids is 7. The van der Waals surface area contributed by atoms with Crippen LogP contribution in [0.1, 0.15) is 64.2 Å². The highest BCUT2D eigenvalue weighted by molar-refractivity contribution is 9.10. The van der Waals surface area contributed by atoms with Crippen LogP contribution >= 0.6 is 43.5 Å². The Labute approximate surface area is 442 Å². The predicted molar refractivity (Wildman–Crippen MR) is 245 cm³/mol. The highest BCUT2D eigenvalue weighted by Gasteiger charge is 2.56. The lowest BCUT2D eigenvalue weighted by molar-refractivity contribution is -0.335. The number of esters is 2. The predicted octanol–water partition coefficient (Wildman–Crippen LogP) is 2.76. The van der Waals surface area contributed by atoms with Gasteiger partial charge in [-0.1, -0.05) is 0 Å². The molecule has 0 spiro atoms. The van der Waals surface area contributed by atoms with Crippen molar-refractivity contribution in [2.75, 3.05) is 93.9 Å². The van der Waals surface area contributed by atoms with Gasteiger partial charge in [0.25, 0.3) is 0 Å². The molecule has 4 bridgehead atoms. The van der Waals surface area contributed by atoms with E-state index in [-0.39, 0.29) is 64.7 Å². The fraction of sp³-hybridized carbons (Fsp3) is 0.829. The minimum atomic E-state index is -4.39. The fourth-order valence-corrected chi connectivity index (χ4v) is 8.47. The fourth-order valence-electron chi connectivity index (χ4n) is 8.39. The van der Waals surface area contributed by atoms with Crippen LogP contribution in [0.4, 0.5) is 35.9 Å². The van der Waals surface area contributed by atoms with Crippen molar-refractivity contribution in [2.45, 2.75) is 121 Å². The van der Waals surface area contributed by atoms with Gasteiger partial charge < -0.3 is 64.3 Å². The Bertz CT molecular complexity index is 1900. The summed E-state index contributed by atoms with van der Waals surface area (Å²) in [6, 6.07) is -3.74. The second-order valence-corrected chi connectivity index (χ2v) is 20.1. The van der Waals surface area contributed by atoms with Gasteiger partial charge >= 0.3 is 45.0 Å². The highest BCUT2D eigenvalue weighted by Crippen LogP contribution is 2.36. The normalized spacial score (nSPS) is 24.8. The number of carbonyl (C=O) groups is 7. The molecule has 426 valence electrons. The molecule has 6 amide bonds. The maximum atomic E-state index is 14.4. The maximum Gasteiger partial charge on any atom is 0.477 e. The summed E-state index contributed by atoms with van der Waals surface area (Å²) in [6.45, 7) is 3.37. The standard InChI is InChI=1S/C16H23F2N3O7.C9H13BrF2O4.C7H11N3O3.C7H14O3.C2BrClF2O/c1-25-9-15(4-6-26-7-5-15)27-13(23)16(17,18)28-21-10-2-3-11(12(19)22)20(8-10)14(21)24;1-14-6-8(2-4-15-5-3-8)16-7(13)9(10,11)12;8-6(11)5-2-1-4-3-9(5)7(12)10(4)13;1-9-6-7(8)2-4-10-5-3-7;3-2(5,6)1(4)7/h10-11H,2-9H2,1H3,(H2,19,22);2-6H2,1H3;4-5,13H,1-3H2,(H2,8,11);8H,2-6H2,1H3;/t10-,11+;;4-,5+;;/m1.1../s1. The van der Waals surface area contributed by atoms with E-state index in [0.717, 1.165) is 4.90 Å². The maximum absolute atomic E-state index is 14.4. The number of alkyl halides is 8. The quantitative estimate of drug-likeness (QED) is 0.0602. The number of piperidine rings is 2. The van der Waals surface area contributed by atoms with E-state index in [1.165, 1.54) is 19.1 Å². The Balaban J connectivity index is 0.000000267. The molecule has 24 nitrogen and oxygen atoms in total. The van der Waals surface area contributed by atoms with Crippen LogP contribution < -0.4 is 11.5 Å². The van der Waals surface area contributed by atoms with Gasteiger partial charge in [0.15, 0.2) is 0 Å². The molecular formula is C41H61Br2ClF6N6O18. The number of methoxy groups -OCH3 is 3. The van der Waals surface area contributed by atoms with Crippen LogP contribution in [0.25, 0.3) is 0 Å². The van der Waals surface area contributed by atoms with E-state index in [0.29, 0.717) is 88.2 Å². The summed E-state index contributed by atoms with van der Waals surface area (Å²) >= 11 is 8.01. The molecule has 7 saturated heterocycles. The van der Waals surface area contributed by atoms with Crippen molar-refractivity contribution < 1.29 is 113 Å². The van der Waals surface area contributed by atoms with E-state index in [2.05, 4.69) is 16.4 Å². The SMILES string of the molecule is COCC1(O)CCOCC1.COCC1(OC(=O)C(F)(F)Br)CCOCC1.COCC1(OC(=O)C(F)(F)ON2C(=O)N3C[C@H]2CC[C@H]3C(N)=O)CCOCC1.NC(=O)[C@@H]1CC[C@@H]2CN1C(=O)N2O.O=C(Cl)C(F)(F)Br. The first-order valence-electron chi connectivity index (χ1n) is 22.7. The number of primary amides is 2. The highest BCUT2D eigenvalue weighted by atomic mass is 79.9. The minimum Gasteiger partial charge on any atom is -0.451 e. The molecule has 0 saturated carbocycles. The zero-order chi connectivity index (χ0) is 55.9. The van der Waals surface area contributed by atoms with Crippen molar-refractivity contribution in [3.63, 3.8) is 0 Å². The van der Waals surface area contributed by atoms with E-state index in [1.807, 2.05) is 15.9 Å². The third-order valence-corrected chi connectivity index (χ3v) is 13.5. The third kappa shape index (κ3) is 18.6. The van der Waals surface area contributed by atoms with Gasteiger partial charge in [-0.25, -0.2) is 24.2 Å². The molecule has 0 unspecified atom stereocenters. The number of nitrogens with two attached hydrogens (primary N) is 2. The van der Waals surface area contributed by atoms with Gasteiger partial charge in [0.1, 0.15) is 23.3 Å². The molecule has 0 aromatic rings. The molecule has 7 aliphatic heterocycles. The van der Waals surface area contributed by atoms with Crippen LogP contribution in [-0.2, 0) is 66.7 Å². The van der Waals surface area contributed by atoms with Crippen LogP contribution in [0.2, 0.25) is 0 Å². The van der Waals surface area contributed by atoms with Crippen LogP contribution in [0.15, 0.2) is 0 Å². The van der Waals surface area contributed by atoms with E-state index >= 15 is 0 Å². The first-order valence-corrected chi connectivity index (χ1v) is 24.6. The Morgan fingerprint density at radius 3 is 1.42 bits per heavy atom. The van der Waals surface area contributed by atoms with Gasteiger partial charge in [-0.05, 0) is 37.3 Å². The van der Waals surface area contributed by atoms with Gasteiger partial charge in [0.05, 0.1) is 63.9 Å². The zero-order valence-electron chi connectivity index (χ0n) is 40.4. The molecular weight excluding hydrogens is 1170 g/mol. The Kier molecular flexibility index (Phi) is 24.8. The number of fused-ring (bicyclic) bond motifs is 4. The Morgan fingerprint density at radius 2 is 1.03 bits per heavy atom. The molecule has 4 atom stereocenters. The second-order valence-electron chi connectivity index (χ2n) is 17.7. The van der Waals surface area contributed by atoms with E-state index in [1.54, 1.807) is 23.0 Å². The molecule has 74 heavy (non-hydrogen) atoms. The topological polar surface area (TPSA) is 308 Å². The number of hydrogen-bond donors (Lipinski definition) is 4. The number of hydroxylamine groups is 4. The number of halogens is 9. The average molecular weight is 1240 g/mol. The largest absolute Gasteiger partial charge is 0.477 e. The number of ether oxygens (including phenoxy) is 8. The summed E-state index contributed by atoms with van der Waals surface area (Å²) in [7, 11) is 4.40. The van der Waals surface area contributed by atoms with Crippen molar-refractivity contribution in [3.8, 4) is 0 Å². The lowest BCUT2D eigenvalue weighted by Gasteiger charge is -2.37. The summed E-state index contributed by atoms with van der Waals surface area (Å²) in [5, 5.41) is 18.4. The number of urea groups is 2. The Morgan fingerprint density at radius 1 is 0.649 bits per heavy atom. The van der Waals surface area contributed by atoms with Gasteiger partial charge in [-0.3, -0.25) is 19.6 Å². The molecule has 0 aromatic heterocycles. The molecule has 0 aromatic carbocycles. The number of nitrogens with zero attached hydrogens (tertiary/aromatic N) is 4. The van der Waals surface area contributed by atoms with Crippen molar-refractivity contribution in [2.24, 2.45) is 11.5 Å². The van der Waals surface area contributed by atoms with Gasteiger partial charge in [0, 0.05) is 118 Å². The third-order valence-electron chi connectivity index (χ3n) is 12.3. The summed E-state index contributed by atoms with van der Waals surface area (Å²) in [6.07, 6.45) is -0.244. The van der Waals surface area contributed by atoms with E-state index in [9.17, 15) is 70.2 Å². The van der Waals surface area contributed by atoms with E-state index in [4.69, 9.17) is 49.4 Å². The minimum absolute atomic E-state index is 0.0164. The zero-order valence-corrected chi connectivity index (χ0v) is 44.4. The van der Waals surface area contributed by atoms with Crippen molar-refractivity contribution in [1.82, 2.24) is 19.9 Å². The smallest absolute Gasteiger partial charge is 0.451 e.